The van der Waals surface area contributed by atoms with Gasteiger partial charge in [-0.1, -0.05) is 0 Å². The molecule has 32 nitrogen and oxygen atoms in total. The van der Waals surface area contributed by atoms with Crippen LogP contribution in [0.3, 0.4) is 0 Å². The zero-order chi connectivity index (χ0) is 53.0. The summed E-state index contributed by atoms with van der Waals surface area (Å²) in [5.41, 5.74) is 0. The van der Waals surface area contributed by atoms with E-state index in [1.54, 1.807) is 0 Å². The maximum Gasteiger partial charge on any atom is 0.322 e. The van der Waals surface area contributed by atoms with Gasteiger partial charge in [0.2, 0.25) is 76.8 Å². The van der Waals surface area contributed by atoms with Crippen LogP contribution in [-0.2, 0) is 71.9 Å². The van der Waals surface area contributed by atoms with Crippen molar-refractivity contribution in [1.29, 1.82) is 0 Å². The van der Waals surface area contributed by atoms with E-state index >= 15 is 0 Å². The van der Waals surface area contributed by atoms with Gasteiger partial charge in [-0.2, -0.15) is 0 Å². The highest BCUT2D eigenvalue weighted by Crippen LogP contribution is 1.99. The van der Waals surface area contributed by atoms with Gasteiger partial charge in [0.05, 0.1) is 45.9 Å². The summed E-state index contributed by atoms with van der Waals surface area (Å²) in [4.78, 5) is 181. The van der Waals surface area contributed by atoms with Crippen molar-refractivity contribution in [3.63, 3.8) is 0 Å². The quantitative estimate of drug-likeness (QED) is 0.0307. The topological polar surface area (TPSA) is 493 Å². The Bertz CT molecular complexity index is 1930. The molecule has 7 atom stereocenters. The summed E-state index contributed by atoms with van der Waals surface area (Å²) >= 11 is 0. The van der Waals surface area contributed by atoms with E-state index in [-0.39, 0.29) is 0 Å². The molecule has 0 rings (SSSR count). The zero-order valence-corrected chi connectivity index (χ0v) is 38.0. The third kappa shape index (κ3) is 26.6. The fraction of sp³-hybridized carbons (Fsp3) is 0.595. The number of aliphatic hydroxyl groups is 2. The first-order valence-corrected chi connectivity index (χ1v) is 20.6. The highest BCUT2D eigenvalue weighted by Gasteiger charge is 2.27. The normalized spacial score (nSPS) is 13.4. The minimum Gasteiger partial charge on any atom is -0.481 e. The summed E-state index contributed by atoms with van der Waals surface area (Å²) in [5.74, 6) is -14.4. The van der Waals surface area contributed by atoms with Crippen LogP contribution in [0.5, 0.6) is 0 Å². The number of carbonyl (C=O) groups is 15. The summed E-state index contributed by atoms with van der Waals surface area (Å²) in [6.45, 7) is -0.0227. The van der Waals surface area contributed by atoms with Crippen molar-refractivity contribution in [3.8, 4) is 0 Å². The van der Waals surface area contributed by atoms with Gasteiger partial charge < -0.3 is 89.5 Å². The molecule has 0 spiro atoms. The van der Waals surface area contributed by atoms with E-state index in [9.17, 15) is 82.1 Å². The first kappa shape index (κ1) is 61.0. The first-order chi connectivity index (χ1) is 32.2. The first-order valence-electron chi connectivity index (χ1n) is 20.6. The molecule has 0 bridgehead atoms. The Hall–Kier alpha value is -8.03. The van der Waals surface area contributed by atoms with Gasteiger partial charge in [0, 0.05) is 13.3 Å². The molecule has 0 fully saturated rings. The van der Waals surface area contributed by atoms with Crippen molar-refractivity contribution in [1.82, 2.24) is 69.1 Å². The average Bonchev–Trinajstić information content (AvgIpc) is 3.28. The van der Waals surface area contributed by atoms with Crippen molar-refractivity contribution in [2.75, 3.05) is 52.5 Å². The second-order valence-electron chi connectivity index (χ2n) is 14.6. The van der Waals surface area contributed by atoms with Crippen LogP contribution in [0.2, 0.25) is 0 Å². The lowest BCUT2D eigenvalue weighted by molar-refractivity contribution is -0.139. The molecule has 13 amide bonds. The van der Waals surface area contributed by atoms with Gasteiger partial charge in [0.15, 0.2) is 0 Å². The Morgan fingerprint density at radius 2 is 0.638 bits per heavy atom. The lowest BCUT2D eigenvalue weighted by atomic mass is 10.1. The number of carboxylic acids is 2. The van der Waals surface area contributed by atoms with Crippen LogP contribution in [0, 0.1) is 0 Å². The lowest BCUT2D eigenvalue weighted by Gasteiger charge is -2.20. The minimum atomic E-state index is -1.55. The molecule has 0 aromatic carbocycles. The third-order valence-electron chi connectivity index (χ3n) is 8.60. The Kier molecular flexibility index (Phi) is 28.1. The maximum atomic E-state index is 12.9. The molecule has 0 aliphatic rings. The second kappa shape index (κ2) is 31.8. The van der Waals surface area contributed by atoms with Gasteiger partial charge in [0.1, 0.15) is 48.8 Å². The largest absolute Gasteiger partial charge is 0.481 e. The van der Waals surface area contributed by atoms with E-state index in [0.29, 0.717) is 0 Å². The molecule has 0 aromatic rings. The van der Waals surface area contributed by atoms with Crippen LogP contribution in [0.4, 0.5) is 0 Å². The molecule has 17 N–H and O–H groups in total. The number of carboxylic acid groups (broad SMARTS) is 2. The standard InChI is InChI=1S/C37H59N13O19/c1-16(31(63)38-8-24(54)44-18(3)33(65)41-12-28(58)50-22(14-51)36(68)43-13-30(61)62)46-26(56)10-42-35(67)21(6-7-29(59)60)49-27(57)11-40-32(64)17(2)45-25(55)9-39-34(66)19(4)47-37(69)23(15-52)48-20(5)53/h16-19,21-23,51-52H,6-15H2,1-5H3,(H,38,63)(H,39,66)(H,40,64)(H,41,65)(H,42,67)(H,43,68)(H,44,54)(H,45,55)(H,46,56)(H,47,69)(H,48,53)(H,49,57)(H,50,58)(H,59,60)(H,61,62)/t16-,17-,18-,19-,21-,22-,23-/m0/s1. The monoisotopic (exact) mass is 989 g/mol. The SMILES string of the molecule is CC(=O)N[C@@H](CO)C(=O)N[C@@H](C)C(=O)NCC(=O)N[C@@H](C)C(=O)NCC(=O)N[C@@H](CCC(=O)O)C(=O)NCC(=O)N[C@@H](C)C(=O)NCC(=O)N[C@@H](C)C(=O)NCC(=O)N[C@@H](CO)C(=O)NCC(=O)O. The molecule has 0 aliphatic heterocycles. The predicted molar refractivity (Wildman–Crippen MR) is 229 cm³/mol. The molecule has 0 aliphatic carbocycles. The van der Waals surface area contributed by atoms with Crippen molar-refractivity contribution in [2.24, 2.45) is 0 Å². The van der Waals surface area contributed by atoms with Crippen molar-refractivity contribution in [3.05, 3.63) is 0 Å². The smallest absolute Gasteiger partial charge is 0.322 e. The van der Waals surface area contributed by atoms with Crippen molar-refractivity contribution in [2.45, 2.75) is 89.8 Å². The highest BCUT2D eigenvalue weighted by molar-refractivity contribution is 5.97. The molecule has 0 heterocycles. The van der Waals surface area contributed by atoms with Crippen LogP contribution >= 0.6 is 0 Å². The van der Waals surface area contributed by atoms with E-state index in [4.69, 9.17) is 10.2 Å². The molecule has 0 radical (unpaired) electrons. The van der Waals surface area contributed by atoms with E-state index in [0.717, 1.165) is 6.92 Å². The summed E-state index contributed by atoms with van der Waals surface area (Å²) in [6, 6.07) is -9.45. The average molecular weight is 990 g/mol. The number of hydrogen-bond acceptors (Lipinski definition) is 17. The number of rotatable bonds is 31. The van der Waals surface area contributed by atoms with Crippen LogP contribution in [0.15, 0.2) is 0 Å². The Morgan fingerprint density at radius 3 is 0.971 bits per heavy atom. The van der Waals surface area contributed by atoms with Crippen LogP contribution < -0.4 is 69.1 Å². The number of carbonyl (C=O) groups excluding carboxylic acids is 13. The summed E-state index contributed by atoms with van der Waals surface area (Å²) in [7, 11) is 0. The number of hydrogen-bond donors (Lipinski definition) is 17. The van der Waals surface area contributed by atoms with Gasteiger partial charge in [-0.15, -0.1) is 0 Å². The molecule has 0 unspecified atom stereocenters. The van der Waals surface area contributed by atoms with Gasteiger partial charge in [-0.05, 0) is 34.1 Å². The fourth-order valence-corrected chi connectivity index (χ4v) is 4.97. The summed E-state index contributed by atoms with van der Waals surface area (Å²) in [6.07, 6.45) is -1.10. The molecular weight excluding hydrogens is 930 g/mol. The molecular formula is C37H59N13O19. The van der Waals surface area contributed by atoms with Gasteiger partial charge in [0.25, 0.3) is 0 Å². The van der Waals surface area contributed by atoms with Crippen molar-refractivity contribution < 1.29 is 92.3 Å². The van der Waals surface area contributed by atoms with Gasteiger partial charge >= 0.3 is 11.9 Å². The lowest BCUT2D eigenvalue weighted by Crippen LogP contribution is -2.55. The molecule has 0 saturated heterocycles. The van der Waals surface area contributed by atoms with E-state index in [1.165, 1.54) is 27.7 Å². The summed E-state index contributed by atoms with van der Waals surface area (Å²) < 4.78 is 0. The Labute approximate surface area is 392 Å². The van der Waals surface area contributed by atoms with Gasteiger partial charge in [-0.25, -0.2) is 0 Å². The minimum absolute atomic E-state index is 0.473. The van der Waals surface area contributed by atoms with Crippen LogP contribution in [-0.4, -0.2) is 204 Å². The molecule has 0 aromatic heterocycles. The molecule has 32 heteroatoms. The molecule has 0 saturated carbocycles. The third-order valence-corrected chi connectivity index (χ3v) is 8.60. The molecule has 386 valence electrons. The number of amides is 13. The maximum absolute atomic E-state index is 12.9. The highest BCUT2D eigenvalue weighted by atomic mass is 16.4. The summed E-state index contributed by atoms with van der Waals surface area (Å²) in [5, 5.41) is 64.5. The van der Waals surface area contributed by atoms with Crippen LogP contribution in [0.25, 0.3) is 0 Å². The molecule has 69 heavy (non-hydrogen) atoms. The number of nitrogens with one attached hydrogen (secondary N) is 13. The Balaban J connectivity index is 4.89. The van der Waals surface area contributed by atoms with Gasteiger partial charge in [-0.3, -0.25) is 71.9 Å². The predicted octanol–water partition coefficient (Wildman–Crippen LogP) is -10.9. The second-order valence-corrected chi connectivity index (χ2v) is 14.6. The zero-order valence-electron chi connectivity index (χ0n) is 38.0. The van der Waals surface area contributed by atoms with Crippen molar-refractivity contribution >= 4 is 88.7 Å². The number of aliphatic hydroxyl groups excluding tert-OH is 2. The number of aliphatic carboxylic acids is 2. The fourth-order valence-electron chi connectivity index (χ4n) is 4.97. The van der Waals surface area contributed by atoms with E-state index in [1.807, 2.05) is 5.32 Å². The Morgan fingerprint density at radius 1 is 0.348 bits per heavy atom. The van der Waals surface area contributed by atoms with E-state index < -0.39 is 196 Å². The van der Waals surface area contributed by atoms with E-state index in [2.05, 4.69) is 63.8 Å². The van der Waals surface area contributed by atoms with Crippen LogP contribution in [0.1, 0.15) is 47.5 Å².